The van der Waals surface area contributed by atoms with Crippen LogP contribution in [0, 0.1) is 11.3 Å². The highest BCUT2D eigenvalue weighted by Crippen LogP contribution is 2.24. The topological polar surface area (TPSA) is 72.2 Å². The normalized spacial score (nSPS) is 9.53. The van der Waals surface area contributed by atoms with Gasteiger partial charge in [-0.1, -0.05) is 6.08 Å². The smallest absolute Gasteiger partial charge is 0.305 e. The van der Waals surface area contributed by atoms with Crippen molar-refractivity contribution in [1.82, 2.24) is 4.98 Å². The zero-order valence-electron chi connectivity index (χ0n) is 11.1. The van der Waals surface area contributed by atoms with Gasteiger partial charge in [-0.2, -0.15) is 5.26 Å². The Bertz CT molecular complexity index is 518. The number of nitriles is 1. The zero-order valence-corrected chi connectivity index (χ0v) is 11.1. The van der Waals surface area contributed by atoms with Crippen molar-refractivity contribution in [2.24, 2.45) is 0 Å². The Hall–Kier alpha value is -2.35. The molecule has 0 saturated carbocycles. The van der Waals surface area contributed by atoms with Crippen LogP contribution in [0.4, 0.5) is 0 Å². The number of ether oxygens (including phenoxy) is 2. The van der Waals surface area contributed by atoms with E-state index in [2.05, 4.69) is 22.4 Å². The van der Waals surface area contributed by atoms with Crippen molar-refractivity contribution < 1.29 is 14.3 Å². The van der Waals surface area contributed by atoms with Crippen LogP contribution in [0.25, 0.3) is 0 Å². The quantitative estimate of drug-likeness (QED) is 0.576. The van der Waals surface area contributed by atoms with Gasteiger partial charge in [0.1, 0.15) is 0 Å². The summed E-state index contributed by atoms with van der Waals surface area (Å²) in [7, 11) is 2.81. The van der Waals surface area contributed by atoms with Crippen LogP contribution in [0.5, 0.6) is 5.88 Å². The first-order chi connectivity index (χ1) is 9.17. The number of allylic oxidation sites excluding steroid dienone is 1. The van der Waals surface area contributed by atoms with Gasteiger partial charge in [-0.15, -0.1) is 6.58 Å². The molecule has 1 aromatic rings. The van der Waals surface area contributed by atoms with Crippen LogP contribution in [0.2, 0.25) is 0 Å². The van der Waals surface area contributed by atoms with E-state index in [-0.39, 0.29) is 12.4 Å². The van der Waals surface area contributed by atoms with Crippen molar-refractivity contribution >= 4 is 5.97 Å². The lowest BCUT2D eigenvalue weighted by molar-refractivity contribution is -0.140. The Kier molecular flexibility index (Phi) is 5.55. The molecule has 0 bridgehead atoms. The van der Waals surface area contributed by atoms with E-state index in [1.165, 1.54) is 14.2 Å². The summed E-state index contributed by atoms with van der Waals surface area (Å²) in [5.41, 5.74) is 1.91. The molecule has 0 amide bonds. The van der Waals surface area contributed by atoms with Gasteiger partial charge in [0.25, 0.3) is 0 Å². The minimum absolute atomic E-state index is 0.181. The molecular weight excluding hydrogens is 244 g/mol. The van der Waals surface area contributed by atoms with E-state index in [0.717, 1.165) is 5.56 Å². The molecular formula is C14H16N2O3. The van der Waals surface area contributed by atoms with Gasteiger partial charge in [-0.3, -0.25) is 4.79 Å². The summed E-state index contributed by atoms with van der Waals surface area (Å²) < 4.78 is 9.74. The fourth-order valence-electron chi connectivity index (χ4n) is 1.77. The maximum atomic E-state index is 11.2. The number of carbonyl (C=O) groups excluding carboxylic acids is 1. The summed E-state index contributed by atoms with van der Waals surface area (Å²) in [6.45, 7) is 3.65. The van der Waals surface area contributed by atoms with E-state index < -0.39 is 0 Å². The lowest BCUT2D eigenvalue weighted by Crippen LogP contribution is -2.07. The molecule has 1 heterocycles. The molecule has 5 heteroatoms. The third kappa shape index (κ3) is 3.55. The van der Waals surface area contributed by atoms with E-state index in [1.807, 2.05) is 0 Å². The van der Waals surface area contributed by atoms with E-state index in [1.54, 1.807) is 12.3 Å². The highest BCUT2D eigenvalue weighted by atomic mass is 16.5. The van der Waals surface area contributed by atoms with E-state index in [9.17, 15) is 10.1 Å². The first-order valence-corrected chi connectivity index (χ1v) is 5.80. The van der Waals surface area contributed by atoms with Gasteiger partial charge in [0.15, 0.2) is 0 Å². The van der Waals surface area contributed by atoms with E-state index in [0.29, 0.717) is 29.8 Å². The molecule has 19 heavy (non-hydrogen) atoms. The molecule has 0 aliphatic rings. The largest absolute Gasteiger partial charge is 0.481 e. The molecule has 0 aliphatic heterocycles. The van der Waals surface area contributed by atoms with Crippen molar-refractivity contribution in [3.63, 3.8) is 0 Å². The summed E-state index contributed by atoms with van der Waals surface area (Å²) in [6, 6.07) is 2.15. The molecule has 0 atom stereocenters. The first kappa shape index (κ1) is 14.7. The Labute approximate surface area is 112 Å². The standard InChI is InChI=1S/C14H16N2O3/c1-4-5-10-9-16-14(19-3)11(12(10)8-15)6-7-13(17)18-2/h4,9H,1,5-7H2,2-3H3. The van der Waals surface area contributed by atoms with Crippen molar-refractivity contribution in [2.45, 2.75) is 19.3 Å². The summed E-state index contributed by atoms with van der Waals surface area (Å²) in [5.74, 6) is 0.0355. The number of carbonyl (C=O) groups is 1. The number of methoxy groups -OCH3 is 2. The fraction of sp³-hybridized carbons (Fsp3) is 0.357. The van der Waals surface area contributed by atoms with Gasteiger partial charge >= 0.3 is 5.97 Å². The molecule has 0 unspecified atom stereocenters. The number of nitrogens with zero attached hydrogens (tertiary/aromatic N) is 2. The monoisotopic (exact) mass is 260 g/mol. The minimum Gasteiger partial charge on any atom is -0.481 e. The number of pyridine rings is 1. The third-order valence-electron chi connectivity index (χ3n) is 2.69. The molecule has 1 aromatic heterocycles. The number of hydrogen-bond donors (Lipinski definition) is 0. The van der Waals surface area contributed by atoms with Crippen LogP contribution in [-0.2, 0) is 22.4 Å². The highest BCUT2D eigenvalue weighted by Gasteiger charge is 2.16. The van der Waals surface area contributed by atoms with Crippen LogP contribution in [0.3, 0.4) is 0 Å². The fourth-order valence-corrected chi connectivity index (χ4v) is 1.77. The molecule has 0 aliphatic carbocycles. The molecule has 5 nitrogen and oxygen atoms in total. The van der Waals surface area contributed by atoms with Gasteiger partial charge in [-0.25, -0.2) is 4.98 Å². The van der Waals surface area contributed by atoms with Crippen LogP contribution in [0.15, 0.2) is 18.9 Å². The van der Waals surface area contributed by atoms with Gasteiger partial charge in [0.2, 0.25) is 5.88 Å². The maximum absolute atomic E-state index is 11.2. The summed E-state index contributed by atoms with van der Waals surface area (Å²) in [6.07, 6.45) is 4.39. The van der Waals surface area contributed by atoms with E-state index in [4.69, 9.17) is 4.74 Å². The second-order valence-electron chi connectivity index (χ2n) is 3.83. The van der Waals surface area contributed by atoms with Crippen LogP contribution in [0.1, 0.15) is 23.1 Å². The average molecular weight is 260 g/mol. The lowest BCUT2D eigenvalue weighted by Gasteiger charge is -2.11. The van der Waals surface area contributed by atoms with Gasteiger partial charge < -0.3 is 9.47 Å². The Morgan fingerprint density at radius 2 is 2.32 bits per heavy atom. The van der Waals surface area contributed by atoms with Gasteiger partial charge in [0, 0.05) is 18.2 Å². The average Bonchev–Trinajstić information content (AvgIpc) is 2.44. The lowest BCUT2D eigenvalue weighted by atomic mass is 9.99. The maximum Gasteiger partial charge on any atom is 0.305 e. The molecule has 0 aromatic carbocycles. The van der Waals surface area contributed by atoms with Crippen LogP contribution in [-0.4, -0.2) is 25.2 Å². The number of esters is 1. The first-order valence-electron chi connectivity index (χ1n) is 5.80. The molecule has 1 rings (SSSR count). The Balaban J connectivity index is 3.16. The molecule has 0 spiro atoms. The number of rotatable bonds is 6. The predicted molar refractivity (Wildman–Crippen MR) is 69.7 cm³/mol. The van der Waals surface area contributed by atoms with Crippen LogP contribution < -0.4 is 4.74 Å². The molecule has 100 valence electrons. The minimum atomic E-state index is -0.333. The molecule has 0 fully saturated rings. The Morgan fingerprint density at radius 1 is 1.58 bits per heavy atom. The molecule has 0 radical (unpaired) electrons. The number of aromatic nitrogens is 1. The third-order valence-corrected chi connectivity index (χ3v) is 2.69. The second-order valence-corrected chi connectivity index (χ2v) is 3.83. The second kappa shape index (κ2) is 7.17. The Morgan fingerprint density at radius 3 is 2.84 bits per heavy atom. The predicted octanol–water partition coefficient (Wildman–Crippen LogP) is 1.80. The van der Waals surface area contributed by atoms with Crippen LogP contribution >= 0.6 is 0 Å². The van der Waals surface area contributed by atoms with Gasteiger partial charge in [0.05, 0.1) is 25.9 Å². The van der Waals surface area contributed by atoms with Gasteiger partial charge in [-0.05, 0) is 18.4 Å². The molecule has 0 N–H and O–H groups in total. The summed E-state index contributed by atoms with van der Waals surface area (Å²) >= 11 is 0. The number of hydrogen-bond acceptors (Lipinski definition) is 5. The van der Waals surface area contributed by atoms with Crippen molar-refractivity contribution in [2.75, 3.05) is 14.2 Å². The summed E-state index contributed by atoms with van der Waals surface area (Å²) in [5, 5.41) is 9.28. The van der Waals surface area contributed by atoms with Crippen molar-refractivity contribution in [1.29, 1.82) is 5.26 Å². The van der Waals surface area contributed by atoms with E-state index >= 15 is 0 Å². The summed E-state index contributed by atoms with van der Waals surface area (Å²) in [4.78, 5) is 15.4. The molecule has 0 saturated heterocycles. The SMILES string of the molecule is C=CCc1cnc(OC)c(CCC(=O)OC)c1C#N. The van der Waals surface area contributed by atoms with Crippen molar-refractivity contribution in [3.8, 4) is 11.9 Å². The highest BCUT2D eigenvalue weighted by molar-refractivity contribution is 5.70. The zero-order chi connectivity index (χ0) is 14.3. The van der Waals surface area contributed by atoms with Crippen molar-refractivity contribution in [3.05, 3.63) is 35.5 Å².